The van der Waals surface area contributed by atoms with E-state index in [1.54, 1.807) is 12.1 Å². The quantitative estimate of drug-likeness (QED) is 0.822. The molecule has 1 N–H and O–H groups in total. The molecular weight excluding hydrogens is 309 g/mol. The Bertz CT molecular complexity index is 665. The van der Waals surface area contributed by atoms with E-state index in [2.05, 4.69) is 23.5 Å². The van der Waals surface area contributed by atoms with E-state index in [9.17, 15) is 4.39 Å². The van der Waals surface area contributed by atoms with E-state index in [-0.39, 0.29) is 5.82 Å². The minimum Gasteiger partial charge on any atom is -0.362 e. The molecule has 0 amide bonds. The average molecular weight is 327 g/mol. The number of hydrogen-bond donors (Lipinski definition) is 1. The van der Waals surface area contributed by atoms with Crippen LogP contribution in [0.1, 0.15) is 12.0 Å². The van der Waals surface area contributed by atoms with Crippen LogP contribution >= 0.6 is 12.2 Å². The lowest BCUT2D eigenvalue weighted by atomic mass is 10.1. The maximum Gasteiger partial charge on any atom is 0.173 e. The molecule has 0 atom stereocenters. The fraction of sp³-hybridized carbons (Fsp3) is 0.222. The predicted molar refractivity (Wildman–Crippen MR) is 94.7 cm³/mol. The zero-order valence-electron chi connectivity index (χ0n) is 12.7. The van der Waals surface area contributed by atoms with Crippen LogP contribution in [0.4, 0.5) is 10.1 Å². The van der Waals surface area contributed by atoms with Crippen molar-refractivity contribution in [2.75, 3.05) is 18.0 Å². The first-order valence-electron chi connectivity index (χ1n) is 7.42. The highest BCUT2D eigenvalue weighted by Gasteiger charge is 2.11. The van der Waals surface area contributed by atoms with Crippen molar-refractivity contribution in [3.8, 4) is 6.07 Å². The second-order valence-electron chi connectivity index (χ2n) is 5.00. The van der Waals surface area contributed by atoms with Crippen LogP contribution in [0.5, 0.6) is 0 Å². The Morgan fingerprint density at radius 2 is 1.83 bits per heavy atom. The molecule has 0 fully saturated rings. The SMILES string of the molecule is N#CCCN(C(=S)NCCc1ccccc1)c1ccc(F)cc1. The van der Waals surface area contributed by atoms with Gasteiger partial charge in [0, 0.05) is 18.8 Å². The summed E-state index contributed by atoms with van der Waals surface area (Å²) in [4.78, 5) is 1.82. The fourth-order valence-electron chi connectivity index (χ4n) is 2.18. The van der Waals surface area contributed by atoms with Crippen molar-refractivity contribution >= 4 is 23.0 Å². The summed E-state index contributed by atoms with van der Waals surface area (Å²) in [6, 6.07) is 18.4. The number of nitrogens with one attached hydrogen (secondary N) is 1. The van der Waals surface area contributed by atoms with Crippen molar-refractivity contribution in [3.05, 3.63) is 66.0 Å². The van der Waals surface area contributed by atoms with Gasteiger partial charge in [-0.2, -0.15) is 5.26 Å². The van der Waals surface area contributed by atoms with Crippen molar-refractivity contribution in [1.82, 2.24) is 5.32 Å². The van der Waals surface area contributed by atoms with Gasteiger partial charge in [-0.05, 0) is 48.5 Å². The highest BCUT2D eigenvalue weighted by Crippen LogP contribution is 2.15. The number of hydrogen-bond acceptors (Lipinski definition) is 2. The molecule has 2 rings (SSSR count). The molecule has 118 valence electrons. The van der Waals surface area contributed by atoms with Crippen molar-refractivity contribution in [2.24, 2.45) is 0 Å². The molecule has 23 heavy (non-hydrogen) atoms. The van der Waals surface area contributed by atoms with Gasteiger partial charge in [0.2, 0.25) is 0 Å². The van der Waals surface area contributed by atoms with Gasteiger partial charge in [-0.3, -0.25) is 0 Å². The highest BCUT2D eigenvalue weighted by atomic mass is 32.1. The number of benzene rings is 2. The normalized spacial score (nSPS) is 9.91. The summed E-state index contributed by atoms with van der Waals surface area (Å²) >= 11 is 5.43. The Labute approximate surface area is 141 Å². The Morgan fingerprint density at radius 3 is 2.48 bits per heavy atom. The molecule has 0 bridgehead atoms. The lowest BCUT2D eigenvalue weighted by Gasteiger charge is -2.25. The Morgan fingerprint density at radius 1 is 1.13 bits per heavy atom. The Balaban J connectivity index is 1.96. The molecule has 0 unspecified atom stereocenters. The molecule has 0 spiro atoms. The molecule has 0 aliphatic heterocycles. The Hall–Kier alpha value is -2.45. The molecule has 2 aromatic carbocycles. The summed E-state index contributed by atoms with van der Waals surface area (Å²) in [5, 5.41) is 12.6. The van der Waals surface area contributed by atoms with Gasteiger partial charge in [0.25, 0.3) is 0 Å². The van der Waals surface area contributed by atoms with Crippen LogP contribution in [-0.4, -0.2) is 18.2 Å². The maximum absolute atomic E-state index is 13.1. The molecule has 0 aromatic heterocycles. The summed E-state index contributed by atoms with van der Waals surface area (Å²) in [6.45, 7) is 1.17. The van der Waals surface area contributed by atoms with Crippen LogP contribution in [0.15, 0.2) is 54.6 Å². The third-order valence-corrected chi connectivity index (χ3v) is 3.73. The fourth-order valence-corrected chi connectivity index (χ4v) is 2.48. The average Bonchev–Trinajstić information content (AvgIpc) is 2.58. The van der Waals surface area contributed by atoms with E-state index in [0.717, 1.165) is 12.1 Å². The van der Waals surface area contributed by atoms with Crippen molar-refractivity contribution < 1.29 is 4.39 Å². The number of nitriles is 1. The van der Waals surface area contributed by atoms with Crippen LogP contribution in [0, 0.1) is 17.1 Å². The number of halogens is 1. The van der Waals surface area contributed by atoms with Gasteiger partial charge in [0.1, 0.15) is 5.82 Å². The van der Waals surface area contributed by atoms with E-state index in [0.29, 0.717) is 24.6 Å². The molecular formula is C18H18FN3S. The van der Waals surface area contributed by atoms with E-state index in [1.165, 1.54) is 17.7 Å². The van der Waals surface area contributed by atoms with Crippen LogP contribution in [0.3, 0.4) is 0 Å². The summed E-state index contributed by atoms with van der Waals surface area (Å²) < 4.78 is 13.1. The van der Waals surface area contributed by atoms with Crippen LogP contribution in [0.2, 0.25) is 0 Å². The topological polar surface area (TPSA) is 39.1 Å². The molecule has 0 aliphatic carbocycles. The number of nitrogens with zero attached hydrogens (tertiary/aromatic N) is 2. The summed E-state index contributed by atoms with van der Waals surface area (Å²) in [5.74, 6) is -0.295. The lowest BCUT2D eigenvalue weighted by molar-refractivity contribution is 0.628. The minimum absolute atomic E-state index is 0.295. The molecule has 0 heterocycles. The molecule has 5 heteroatoms. The second-order valence-corrected chi connectivity index (χ2v) is 5.39. The lowest BCUT2D eigenvalue weighted by Crippen LogP contribution is -2.41. The van der Waals surface area contributed by atoms with E-state index in [1.807, 2.05) is 23.1 Å². The van der Waals surface area contributed by atoms with Gasteiger partial charge < -0.3 is 10.2 Å². The van der Waals surface area contributed by atoms with Crippen molar-refractivity contribution in [2.45, 2.75) is 12.8 Å². The Kier molecular flexibility index (Phi) is 6.52. The van der Waals surface area contributed by atoms with E-state index < -0.39 is 0 Å². The largest absolute Gasteiger partial charge is 0.362 e. The maximum atomic E-state index is 13.1. The standard InChI is InChI=1S/C18H18FN3S/c19-16-7-9-17(10-8-16)22(14-4-12-20)18(23)21-13-11-15-5-2-1-3-6-15/h1-3,5-10H,4,11,13-14H2,(H,21,23). The summed E-state index contributed by atoms with van der Waals surface area (Å²) in [6.07, 6.45) is 1.20. The molecule has 3 nitrogen and oxygen atoms in total. The molecule has 0 aliphatic rings. The highest BCUT2D eigenvalue weighted by molar-refractivity contribution is 7.80. The smallest absolute Gasteiger partial charge is 0.173 e. The number of anilines is 1. The van der Waals surface area contributed by atoms with E-state index >= 15 is 0 Å². The monoisotopic (exact) mass is 327 g/mol. The van der Waals surface area contributed by atoms with Gasteiger partial charge in [-0.25, -0.2) is 4.39 Å². The summed E-state index contributed by atoms with van der Waals surface area (Å²) in [7, 11) is 0. The molecule has 0 radical (unpaired) electrons. The molecule has 0 saturated carbocycles. The van der Waals surface area contributed by atoms with E-state index in [4.69, 9.17) is 17.5 Å². The predicted octanol–water partition coefficient (Wildman–Crippen LogP) is 3.66. The molecule has 2 aromatic rings. The summed E-state index contributed by atoms with van der Waals surface area (Å²) in [5.41, 5.74) is 2.01. The first kappa shape index (κ1) is 16.9. The van der Waals surface area contributed by atoms with Gasteiger partial charge in [0.15, 0.2) is 5.11 Å². The zero-order chi connectivity index (χ0) is 16.5. The first-order valence-corrected chi connectivity index (χ1v) is 7.83. The molecule has 0 saturated heterocycles. The van der Waals surface area contributed by atoms with Gasteiger partial charge in [0.05, 0.1) is 12.5 Å². The van der Waals surface area contributed by atoms with Gasteiger partial charge in [-0.15, -0.1) is 0 Å². The van der Waals surface area contributed by atoms with Crippen LogP contribution in [-0.2, 0) is 6.42 Å². The van der Waals surface area contributed by atoms with Crippen molar-refractivity contribution in [3.63, 3.8) is 0 Å². The van der Waals surface area contributed by atoms with Crippen LogP contribution in [0.25, 0.3) is 0 Å². The van der Waals surface area contributed by atoms with Crippen LogP contribution < -0.4 is 10.2 Å². The zero-order valence-corrected chi connectivity index (χ0v) is 13.5. The van der Waals surface area contributed by atoms with Crippen molar-refractivity contribution in [1.29, 1.82) is 5.26 Å². The van der Waals surface area contributed by atoms with Gasteiger partial charge in [-0.1, -0.05) is 30.3 Å². The third kappa shape index (κ3) is 5.35. The third-order valence-electron chi connectivity index (χ3n) is 3.36. The minimum atomic E-state index is -0.295. The number of thiocarbonyl (C=S) groups is 1. The number of rotatable bonds is 6. The van der Waals surface area contributed by atoms with Gasteiger partial charge >= 0.3 is 0 Å². The first-order chi connectivity index (χ1) is 11.2. The second kappa shape index (κ2) is 8.86.